The largest absolute Gasteiger partial charge is 0.372 e. The first kappa shape index (κ1) is 10.3. The van der Waals surface area contributed by atoms with Crippen LogP contribution in [0.1, 0.15) is 11.3 Å². The lowest BCUT2D eigenvalue weighted by Gasteiger charge is -2.02. The molecular weight excluding hydrogens is 217 g/mol. The Morgan fingerprint density at radius 2 is 2.29 bits per heavy atom. The molecule has 1 aliphatic rings. The highest BCUT2D eigenvalue weighted by Crippen LogP contribution is 2.23. The Labute approximate surface area is 98.8 Å². The van der Waals surface area contributed by atoms with Crippen molar-refractivity contribution >= 4 is 16.7 Å². The number of hydrogen-bond donors (Lipinski definition) is 2. The molecule has 1 aliphatic heterocycles. The molecule has 0 amide bonds. The van der Waals surface area contributed by atoms with E-state index in [2.05, 4.69) is 15.3 Å². The lowest BCUT2D eigenvalue weighted by molar-refractivity contribution is 0.629. The summed E-state index contributed by atoms with van der Waals surface area (Å²) in [6.07, 6.45) is 0.745. The van der Waals surface area contributed by atoms with Crippen molar-refractivity contribution in [2.24, 2.45) is 4.99 Å². The highest BCUT2D eigenvalue weighted by Gasteiger charge is 2.13. The van der Waals surface area contributed by atoms with Crippen LogP contribution in [0.5, 0.6) is 0 Å². The van der Waals surface area contributed by atoms with E-state index in [0.717, 1.165) is 47.5 Å². The summed E-state index contributed by atoms with van der Waals surface area (Å²) in [5.74, 6) is 0.803. The average Bonchev–Trinajstić information content (AvgIpc) is 2.90. The predicted molar refractivity (Wildman–Crippen MR) is 67.0 cm³/mol. The lowest BCUT2D eigenvalue weighted by Crippen LogP contribution is -2.20. The number of nitrogens with zero attached hydrogens (tertiary/aromatic N) is 1. The fourth-order valence-corrected chi connectivity index (χ4v) is 2.32. The summed E-state index contributed by atoms with van der Waals surface area (Å²) in [5.41, 5.74) is 3.20. The first-order chi connectivity index (χ1) is 8.24. The third-order valence-corrected chi connectivity index (χ3v) is 3.17. The zero-order chi connectivity index (χ0) is 11.8. The fraction of sp³-hybridized carbons (Fsp3) is 0.308. The molecule has 17 heavy (non-hydrogen) atoms. The second-order valence-electron chi connectivity index (χ2n) is 4.35. The van der Waals surface area contributed by atoms with E-state index < -0.39 is 0 Å². The molecule has 0 saturated heterocycles. The molecule has 2 heterocycles. The van der Waals surface area contributed by atoms with Crippen LogP contribution in [0.4, 0.5) is 4.39 Å². The average molecular weight is 231 g/mol. The lowest BCUT2D eigenvalue weighted by atomic mass is 10.1. The van der Waals surface area contributed by atoms with E-state index in [9.17, 15) is 4.39 Å². The van der Waals surface area contributed by atoms with E-state index in [4.69, 9.17) is 0 Å². The smallest absolute Gasteiger partial charge is 0.123 e. The molecule has 2 N–H and O–H groups in total. The molecule has 0 radical (unpaired) electrons. The van der Waals surface area contributed by atoms with Gasteiger partial charge in [-0.05, 0) is 30.7 Å². The summed E-state index contributed by atoms with van der Waals surface area (Å²) in [6, 6.07) is 4.85. The summed E-state index contributed by atoms with van der Waals surface area (Å²) in [5, 5.41) is 4.20. The van der Waals surface area contributed by atoms with Crippen LogP contribution in [0.3, 0.4) is 0 Å². The van der Waals surface area contributed by atoms with Crippen molar-refractivity contribution in [3.8, 4) is 0 Å². The molecule has 0 atom stereocenters. The van der Waals surface area contributed by atoms with E-state index >= 15 is 0 Å². The molecule has 3 nitrogen and oxygen atoms in total. The number of fused-ring (bicyclic) bond motifs is 1. The van der Waals surface area contributed by atoms with Crippen molar-refractivity contribution in [2.75, 3.05) is 13.1 Å². The molecule has 1 aromatic heterocycles. The molecule has 2 aromatic rings. The number of H-pyrrole nitrogens is 1. The summed E-state index contributed by atoms with van der Waals surface area (Å²) < 4.78 is 13.3. The Balaban J connectivity index is 2.07. The topological polar surface area (TPSA) is 40.2 Å². The first-order valence-electron chi connectivity index (χ1n) is 5.78. The standard InChI is InChI=1S/C13H14FN3/c1-8-10(7-13-15-4-5-16-13)11-6-9(14)2-3-12(11)17-8/h2-3,6,17H,4-5,7H2,1H3,(H,15,16). The number of benzene rings is 1. The minimum atomic E-state index is -0.195. The molecule has 0 aliphatic carbocycles. The Morgan fingerprint density at radius 3 is 3.06 bits per heavy atom. The van der Waals surface area contributed by atoms with Crippen LogP contribution >= 0.6 is 0 Å². The van der Waals surface area contributed by atoms with Gasteiger partial charge in [0.15, 0.2) is 0 Å². The van der Waals surface area contributed by atoms with E-state index in [1.807, 2.05) is 6.92 Å². The Bertz CT molecular complexity index is 598. The maximum absolute atomic E-state index is 13.3. The molecule has 0 saturated carbocycles. The van der Waals surface area contributed by atoms with Crippen LogP contribution < -0.4 is 5.32 Å². The number of amidine groups is 1. The minimum absolute atomic E-state index is 0.195. The molecule has 0 spiro atoms. The van der Waals surface area contributed by atoms with Crippen LogP contribution in [-0.4, -0.2) is 23.9 Å². The molecule has 4 heteroatoms. The first-order valence-corrected chi connectivity index (χ1v) is 5.78. The van der Waals surface area contributed by atoms with Crippen molar-refractivity contribution in [2.45, 2.75) is 13.3 Å². The van der Waals surface area contributed by atoms with Crippen molar-refractivity contribution in [3.63, 3.8) is 0 Å². The fourth-order valence-electron chi connectivity index (χ4n) is 2.32. The quantitative estimate of drug-likeness (QED) is 0.817. The van der Waals surface area contributed by atoms with Crippen LogP contribution in [0, 0.1) is 12.7 Å². The van der Waals surface area contributed by atoms with E-state index in [1.165, 1.54) is 6.07 Å². The van der Waals surface area contributed by atoms with Crippen LogP contribution in [-0.2, 0) is 6.42 Å². The van der Waals surface area contributed by atoms with Gasteiger partial charge in [0.1, 0.15) is 11.7 Å². The number of hydrogen-bond acceptors (Lipinski definition) is 2. The Hall–Kier alpha value is -1.84. The molecule has 0 unspecified atom stereocenters. The maximum atomic E-state index is 13.3. The van der Waals surface area contributed by atoms with Gasteiger partial charge in [0.25, 0.3) is 0 Å². The van der Waals surface area contributed by atoms with Crippen molar-refractivity contribution in [1.29, 1.82) is 0 Å². The number of aromatic amines is 1. The van der Waals surface area contributed by atoms with E-state index in [-0.39, 0.29) is 5.82 Å². The van der Waals surface area contributed by atoms with Crippen LogP contribution in [0.2, 0.25) is 0 Å². The third-order valence-electron chi connectivity index (χ3n) is 3.17. The SMILES string of the molecule is Cc1[nH]c2ccc(F)cc2c1CC1=NCCN1. The van der Waals surface area contributed by atoms with E-state index in [0.29, 0.717) is 0 Å². The van der Waals surface area contributed by atoms with Crippen LogP contribution in [0.25, 0.3) is 10.9 Å². The number of aromatic nitrogens is 1. The molecule has 3 rings (SSSR count). The van der Waals surface area contributed by atoms with Gasteiger partial charge in [0, 0.05) is 29.6 Å². The molecule has 0 bridgehead atoms. The monoisotopic (exact) mass is 231 g/mol. The van der Waals surface area contributed by atoms with Gasteiger partial charge in [0.2, 0.25) is 0 Å². The van der Waals surface area contributed by atoms with E-state index in [1.54, 1.807) is 12.1 Å². The number of halogens is 1. The summed E-state index contributed by atoms with van der Waals surface area (Å²) in [4.78, 5) is 7.66. The Kier molecular flexibility index (Phi) is 2.35. The molecule has 1 aromatic carbocycles. The zero-order valence-electron chi connectivity index (χ0n) is 9.68. The normalized spacial score (nSPS) is 15.1. The van der Waals surface area contributed by atoms with Gasteiger partial charge in [-0.2, -0.15) is 0 Å². The zero-order valence-corrected chi connectivity index (χ0v) is 9.68. The van der Waals surface area contributed by atoms with Gasteiger partial charge in [-0.1, -0.05) is 0 Å². The molecular formula is C13H14FN3. The van der Waals surface area contributed by atoms with Gasteiger partial charge in [-0.3, -0.25) is 4.99 Å². The van der Waals surface area contributed by atoms with Gasteiger partial charge in [-0.25, -0.2) is 4.39 Å². The number of aliphatic imine (C=N–C) groups is 1. The Morgan fingerprint density at radius 1 is 1.41 bits per heavy atom. The summed E-state index contributed by atoms with van der Waals surface area (Å²) in [6.45, 7) is 3.76. The highest BCUT2D eigenvalue weighted by atomic mass is 19.1. The molecule has 0 fully saturated rings. The highest BCUT2D eigenvalue weighted by molar-refractivity contribution is 5.92. The van der Waals surface area contributed by atoms with Crippen molar-refractivity contribution in [3.05, 3.63) is 35.3 Å². The second-order valence-corrected chi connectivity index (χ2v) is 4.35. The minimum Gasteiger partial charge on any atom is -0.372 e. The van der Waals surface area contributed by atoms with Crippen molar-refractivity contribution in [1.82, 2.24) is 10.3 Å². The van der Waals surface area contributed by atoms with Crippen LogP contribution in [0.15, 0.2) is 23.2 Å². The number of nitrogens with one attached hydrogen (secondary N) is 2. The van der Waals surface area contributed by atoms with Gasteiger partial charge in [0.05, 0.1) is 6.54 Å². The number of rotatable bonds is 2. The van der Waals surface area contributed by atoms with Gasteiger partial charge in [-0.15, -0.1) is 0 Å². The third kappa shape index (κ3) is 1.79. The maximum Gasteiger partial charge on any atom is 0.123 e. The summed E-state index contributed by atoms with van der Waals surface area (Å²) in [7, 11) is 0. The second kappa shape index (κ2) is 3.87. The summed E-state index contributed by atoms with van der Waals surface area (Å²) >= 11 is 0. The molecule has 88 valence electrons. The van der Waals surface area contributed by atoms with Gasteiger partial charge >= 0.3 is 0 Å². The van der Waals surface area contributed by atoms with Gasteiger partial charge < -0.3 is 10.3 Å². The number of aryl methyl sites for hydroxylation is 1. The predicted octanol–water partition coefficient (Wildman–Crippen LogP) is 2.16. The van der Waals surface area contributed by atoms with Crippen molar-refractivity contribution < 1.29 is 4.39 Å².